The van der Waals surface area contributed by atoms with Crippen LogP contribution in [0.3, 0.4) is 0 Å². The summed E-state index contributed by atoms with van der Waals surface area (Å²) in [7, 11) is 1.28. The largest absolute Gasteiger partial charge is 0.454 e. The molecule has 0 heterocycles. The molecule has 1 nitrogen and oxygen atoms in total. The Balaban J connectivity index is 3.42. The van der Waals surface area contributed by atoms with E-state index in [-0.39, 0.29) is 0 Å². The minimum atomic E-state index is 0.628. The van der Waals surface area contributed by atoms with Gasteiger partial charge in [0.25, 0.3) is 7.48 Å². The number of unbranched alkanes of at least 4 members (excludes halogenated alkanes) is 1. The Morgan fingerprint density at radius 2 is 2.08 bits per heavy atom. The molecule has 0 aliphatic heterocycles. The maximum absolute atomic E-state index is 8.62. The van der Waals surface area contributed by atoms with Crippen LogP contribution in [0.2, 0.25) is 6.32 Å². The van der Waals surface area contributed by atoms with Gasteiger partial charge in [-0.1, -0.05) is 38.8 Å². The standard InChI is InChI=1S/C10H20BO/c1-3-5-6-7-8-10(4-2)9-11-12/h6-7,10,12H,3-5,8-9H2,1-2H3. The first-order valence-electron chi connectivity index (χ1n) is 4.96. The lowest BCUT2D eigenvalue weighted by molar-refractivity contribution is 0.526. The SMILES string of the molecule is CCCC=CCC(CC)C[B]O. The Kier molecular flexibility index (Phi) is 8.68. The fourth-order valence-electron chi connectivity index (χ4n) is 1.15. The molecule has 0 aromatic heterocycles. The van der Waals surface area contributed by atoms with E-state index in [1.54, 1.807) is 0 Å². The van der Waals surface area contributed by atoms with Crippen molar-refractivity contribution in [2.75, 3.05) is 0 Å². The number of hydrogen-bond acceptors (Lipinski definition) is 1. The van der Waals surface area contributed by atoms with Crippen LogP contribution in [0.5, 0.6) is 0 Å². The maximum Gasteiger partial charge on any atom is 0.287 e. The molecule has 0 aromatic rings. The molecule has 0 aliphatic carbocycles. The van der Waals surface area contributed by atoms with Gasteiger partial charge in [-0.3, -0.25) is 0 Å². The zero-order chi connectivity index (χ0) is 9.23. The number of hydrogen-bond donors (Lipinski definition) is 1. The van der Waals surface area contributed by atoms with E-state index in [1.165, 1.54) is 20.3 Å². The Morgan fingerprint density at radius 3 is 2.58 bits per heavy atom. The Hall–Kier alpha value is -0.235. The van der Waals surface area contributed by atoms with Gasteiger partial charge in [0.2, 0.25) is 0 Å². The minimum absolute atomic E-state index is 0.628. The van der Waals surface area contributed by atoms with Gasteiger partial charge in [0, 0.05) is 0 Å². The van der Waals surface area contributed by atoms with Gasteiger partial charge in [0.15, 0.2) is 0 Å². The van der Waals surface area contributed by atoms with Crippen molar-refractivity contribution in [1.82, 2.24) is 0 Å². The second kappa shape index (κ2) is 8.86. The highest BCUT2D eigenvalue weighted by Crippen LogP contribution is 2.13. The van der Waals surface area contributed by atoms with Crippen molar-refractivity contribution in [3.05, 3.63) is 12.2 Å². The van der Waals surface area contributed by atoms with Crippen molar-refractivity contribution < 1.29 is 5.02 Å². The van der Waals surface area contributed by atoms with Crippen molar-refractivity contribution >= 4 is 7.48 Å². The zero-order valence-corrected chi connectivity index (χ0v) is 8.29. The number of allylic oxidation sites excluding steroid dienone is 2. The molecular formula is C10H20BO. The lowest BCUT2D eigenvalue weighted by Gasteiger charge is -2.08. The first kappa shape index (κ1) is 11.8. The fraction of sp³-hybridized carbons (Fsp3) is 0.800. The Bertz CT molecular complexity index is 112. The van der Waals surface area contributed by atoms with Crippen LogP contribution >= 0.6 is 0 Å². The monoisotopic (exact) mass is 167 g/mol. The summed E-state index contributed by atoms with van der Waals surface area (Å²) in [6.07, 6.45) is 9.95. The van der Waals surface area contributed by atoms with E-state index in [9.17, 15) is 0 Å². The van der Waals surface area contributed by atoms with E-state index in [4.69, 9.17) is 5.02 Å². The predicted molar refractivity (Wildman–Crippen MR) is 55.2 cm³/mol. The molecule has 1 N–H and O–H groups in total. The molecule has 2 heteroatoms. The summed E-state index contributed by atoms with van der Waals surface area (Å²) < 4.78 is 0. The van der Waals surface area contributed by atoms with E-state index >= 15 is 0 Å². The van der Waals surface area contributed by atoms with E-state index < -0.39 is 0 Å². The summed E-state index contributed by atoms with van der Waals surface area (Å²) in [5, 5.41) is 8.62. The molecule has 1 radical (unpaired) electrons. The maximum atomic E-state index is 8.62. The van der Waals surface area contributed by atoms with Crippen LogP contribution in [-0.2, 0) is 0 Å². The second-order valence-corrected chi connectivity index (χ2v) is 3.19. The van der Waals surface area contributed by atoms with E-state index in [2.05, 4.69) is 26.0 Å². The second-order valence-electron chi connectivity index (χ2n) is 3.19. The average molecular weight is 167 g/mol. The summed E-state index contributed by atoms with van der Waals surface area (Å²) in [6.45, 7) is 4.35. The molecule has 0 saturated heterocycles. The quantitative estimate of drug-likeness (QED) is 0.456. The molecule has 12 heavy (non-hydrogen) atoms. The third-order valence-corrected chi connectivity index (χ3v) is 2.11. The molecule has 69 valence electrons. The van der Waals surface area contributed by atoms with Crippen molar-refractivity contribution in [1.29, 1.82) is 0 Å². The highest BCUT2D eigenvalue weighted by molar-refractivity contribution is 6.25. The summed E-state index contributed by atoms with van der Waals surface area (Å²) in [6, 6.07) is 0. The first-order chi connectivity index (χ1) is 5.85. The first-order valence-corrected chi connectivity index (χ1v) is 4.96. The van der Waals surface area contributed by atoms with Crippen molar-refractivity contribution in [2.24, 2.45) is 5.92 Å². The molecular weight excluding hydrogens is 147 g/mol. The van der Waals surface area contributed by atoms with E-state index in [1.807, 2.05) is 0 Å². The lowest BCUT2D eigenvalue weighted by Crippen LogP contribution is -2.01. The summed E-state index contributed by atoms with van der Waals surface area (Å²) in [5.74, 6) is 0.628. The van der Waals surface area contributed by atoms with Gasteiger partial charge in [-0.15, -0.1) is 0 Å². The van der Waals surface area contributed by atoms with Gasteiger partial charge in [0.1, 0.15) is 0 Å². The van der Waals surface area contributed by atoms with Crippen LogP contribution in [-0.4, -0.2) is 12.5 Å². The molecule has 0 bridgehead atoms. The number of rotatable bonds is 7. The summed E-state index contributed by atoms with van der Waals surface area (Å²) >= 11 is 0. The molecule has 0 saturated carbocycles. The molecule has 0 spiro atoms. The molecule has 0 rings (SSSR count). The van der Waals surface area contributed by atoms with Crippen LogP contribution in [0.15, 0.2) is 12.2 Å². The van der Waals surface area contributed by atoms with Crippen molar-refractivity contribution in [2.45, 2.75) is 45.9 Å². The van der Waals surface area contributed by atoms with Gasteiger partial charge >= 0.3 is 0 Å². The van der Waals surface area contributed by atoms with Gasteiger partial charge in [-0.05, 0) is 25.1 Å². The van der Waals surface area contributed by atoms with Crippen molar-refractivity contribution in [3.63, 3.8) is 0 Å². The Morgan fingerprint density at radius 1 is 1.33 bits per heavy atom. The Labute approximate surface area is 77.2 Å². The van der Waals surface area contributed by atoms with Crippen molar-refractivity contribution in [3.8, 4) is 0 Å². The smallest absolute Gasteiger partial charge is 0.287 e. The van der Waals surface area contributed by atoms with Gasteiger partial charge < -0.3 is 5.02 Å². The molecule has 0 aromatic carbocycles. The summed E-state index contributed by atoms with van der Waals surface area (Å²) in [5.41, 5.74) is 0. The minimum Gasteiger partial charge on any atom is -0.454 e. The van der Waals surface area contributed by atoms with Crippen LogP contribution in [0.1, 0.15) is 39.5 Å². The van der Waals surface area contributed by atoms with Crippen LogP contribution in [0.25, 0.3) is 0 Å². The van der Waals surface area contributed by atoms with E-state index in [0.717, 1.165) is 19.2 Å². The molecule has 1 atom stereocenters. The normalized spacial score (nSPS) is 13.6. The van der Waals surface area contributed by atoms with Gasteiger partial charge in [-0.25, -0.2) is 0 Å². The molecule has 0 amide bonds. The fourth-order valence-corrected chi connectivity index (χ4v) is 1.15. The van der Waals surface area contributed by atoms with Gasteiger partial charge in [-0.2, -0.15) is 0 Å². The average Bonchev–Trinajstić information content (AvgIpc) is 2.10. The van der Waals surface area contributed by atoms with Crippen LogP contribution in [0.4, 0.5) is 0 Å². The third-order valence-electron chi connectivity index (χ3n) is 2.11. The zero-order valence-electron chi connectivity index (χ0n) is 8.29. The molecule has 0 aliphatic rings. The summed E-state index contributed by atoms with van der Waals surface area (Å²) in [4.78, 5) is 0. The highest BCUT2D eigenvalue weighted by atomic mass is 16.2. The topological polar surface area (TPSA) is 20.2 Å². The highest BCUT2D eigenvalue weighted by Gasteiger charge is 2.02. The third kappa shape index (κ3) is 6.47. The lowest BCUT2D eigenvalue weighted by atomic mass is 9.82. The molecule has 0 fully saturated rings. The van der Waals surface area contributed by atoms with Crippen LogP contribution < -0.4 is 0 Å². The molecule has 1 unspecified atom stereocenters. The predicted octanol–water partition coefficient (Wildman–Crippen LogP) is 2.79. The van der Waals surface area contributed by atoms with Gasteiger partial charge in [0.05, 0.1) is 0 Å². The van der Waals surface area contributed by atoms with E-state index in [0.29, 0.717) is 5.92 Å². The van der Waals surface area contributed by atoms with Crippen LogP contribution in [0, 0.1) is 5.92 Å².